The predicted octanol–water partition coefficient (Wildman–Crippen LogP) is 3.90. The molecule has 0 bridgehead atoms. The fraction of sp³-hybridized carbons (Fsp3) is 0.609. The monoisotopic (exact) mass is 419 g/mol. The predicted molar refractivity (Wildman–Crippen MR) is 112 cm³/mol. The lowest BCUT2D eigenvalue weighted by atomic mass is 9.87. The average Bonchev–Trinajstić information content (AvgIpc) is 2.68. The molecule has 2 unspecified atom stereocenters. The van der Waals surface area contributed by atoms with Crippen molar-refractivity contribution in [2.75, 3.05) is 20.8 Å². The molecular formula is C23H33NO6. The fourth-order valence-corrected chi connectivity index (χ4v) is 3.15. The molecular weight excluding hydrogens is 386 g/mol. The number of carbonyl (C=O) groups excluding carboxylic acids is 2. The van der Waals surface area contributed by atoms with Gasteiger partial charge in [-0.25, -0.2) is 4.79 Å². The second-order valence-corrected chi connectivity index (χ2v) is 7.95. The molecule has 0 aliphatic carbocycles. The van der Waals surface area contributed by atoms with Crippen molar-refractivity contribution in [3.05, 3.63) is 35.4 Å². The number of rotatable bonds is 11. The van der Waals surface area contributed by atoms with E-state index in [1.54, 1.807) is 19.1 Å². The highest BCUT2D eigenvalue weighted by Crippen LogP contribution is 2.26. The first-order valence-corrected chi connectivity index (χ1v) is 10.1. The number of hydrogen-bond acceptors (Lipinski definition) is 7. The van der Waals surface area contributed by atoms with Crippen molar-refractivity contribution in [3.63, 3.8) is 0 Å². The van der Waals surface area contributed by atoms with Crippen LogP contribution in [0.5, 0.6) is 0 Å². The minimum atomic E-state index is -0.968. The van der Waals surface area contributed by atoms with Crippen molar-refractivity contribution < 1.29 is 28.5 Å². The molecule has 1 aromatic carbocycles. The Morgan fingerprint density at radius 3 is 2.17 bits per heavy atom. The molecule has 0 heterocycles. The van der Waals surface area contributed by atoms with E-state index in [2.05, 4.69) is 0 Å². The Morgan fingerprint density at radius 2 is 1.70 bits per heavy atom. The molecule has 7 nitrogen and oxygen atoms in total. The van der Waals surface area contributed by atoms with Crippen molar-refractivity contribution in [1.82, 2.24) is 0 Å². The van der Waals surface area contributed by atoms with Gasteiger partial charge in [0, 0.05) is 20.1 Å². The first kappa shape index (κ1) is 25.6. The maximum atomic E-state index is 12.2. The van der Waals surface area contributed by atoms with E-state index in [1.165, 1.54) is 14.2 Å². The molecule has 0 spiro atoms. The summed E-state index contributed by atoms with van der Waals surface area (Å²) < 4.78 is 21.1. The average molecular weight is 420 g/mol. The van der Waals surface area contributed by atoms with E-state index in [1.807, 2.05) is 39.0 Å². The molecule has 2 atom stereocenters. The van der Waals surface area contributed by atoms with Crippen LogP contribution in [0.4, 0.5) is 0 Å². The van der Waals surface area contributed by atoms with Crippen LogP contribution in [0, 0.1) is 23.2 Å². The van der Waals surface area contributed by atoms with Gasteiger partial charge in [-0.2, -0.15) is 5.26 Å². The summed E-state index contributed by atoms with van der Waals surface area (Å²) in [5.74, 6) is -2.34. The molecule has 1 rings (SSSR count). The van der Waals surface area contributed by atoms with Crippen molar-refractivity contribution in [2.24, 2.45) is 11.8 Å². The fourth-order valence-electron chi connectivity index (χ4n) is 3.15. The Morgan fingerprint density at radius 1 is 1.10 bits per heavy atom. The SMILES string of the molecule is CCOC(=O)C(C#N)C(CCCc1ccc(C(=O)OC(C)(C)C)cc1)C(OC)OC. The van der Waals surface area contributed by atoms with Gasteiger partial charge in [0.2, 0.25) is 0 Å². The summed E-state index contributed by atoms with van der Waals surface area (Å²) in [6, 6.07) is 9.28. The Labute approximate surface area is 179 Å². The molecule has 0 aliphatic heterocycles. The molecule has 0 saturated heterocycles. The van der Waals surface area contributed by atoms with Gasteiger partial charge in [-0.05, 0) is 64.7 Å². The van der Waals surface area contributed by atoms with E-state index in [-0.39, 0.29) is 12.6 Å². The number of benzene rings is 1. The van der Waals surface area contributed by atoms with Crippen LogP contribution in [0.1, 0.15) is 56.5 Å². The Hall–Kier alpha value is -2.43. The third-order valence-corrected chi connectivity index (χ3v) is 4.51. The van der Waals surface area contributed by atoms with Gasteiger partial charge in [0.05, 0.1) is 18.2 Å². The van der Waals surface area contributed by atoms with Gasteiger partial charge in [0.25, 0.3) is 0 Å². The summed E-state index contributed by atoms with van der Waals surface area (Å²) in [4.78, 5) is 24.3. The summed E-state index contributed by atoms with van der Waals surface area (Å²) in [6.07, 6.45) is 1.27. The third kappa shape index (κ3) is 8.13. The smallest absolute Gasteiger partial charge is 0.338 e. The number of esters is 2. The van der Waals surface area contributed by atoms with Gasteiger partial charge in [-0.15, -0.1) is 0 Å². The lowest BCUT2D eigenvalue weighted by molar-refractivity contribution is -0.167. The summed E-state index contributed by atoms with van der Waals surface area (Å²) in [5, 5.41) is 9.51. The number of ether oxygens (including phenoxy) is 4. The number of nitriles is 1. The minimum absolute atomic E-state index is 0.207. The molecule has 166 valence electrons. The topological polar surface area (TPSA) is 94.9 Å². The molecule has 0 amide bonds. The van der Waals surface area contributed by atoms with Crippen LogP contribution in [-0.2, 0) is 30.2 Å². The highest BCUT2D eigenvalue weighted by molar-refractivity contribution is 5.89. The molecule has 0 aromatic heterocycles. The second-order valence-electron chi connectivity index (χ2n) is 7.95. The largest absolute Gasteiger partial charge is 0.465 e. The summed E-state index contributed by atoms with van der Waals surface area (Å²) >= 11 is 0. The van der Waals surface area contributed by atoms with Gasteiger partial charge >= 0.3 is 11.9 Å². The Kier molecular flexibility index (Phi) is 10.5. The first-order chi connectivity index (χ1) is 14.2. The van der Waals surface area contributed by atoms with E-state index >= 15 is 0 Å². The summed E-state index contributed by atoms with van der Waals surface area (Å²) in [7, 11) is 2.96. The van der Waals surface area contributed by atoms with Crippen LogP contribution in [0.3, 0.4) is 0 Å². The van der Waals surface area contributed by atoms with Gasteiger partial charge in [0.1, 0.15) is 5.60 Å². The van der Waals surface area contributed by atoms with Gasteiger partial charge in [0.15, 0.2) is 12.2 Å². The van der Waals surface area contributed by atoms with E-state index < -0.39 is 29.7 Å². The lowest BCUT2D eigenvalue weighted by Crippen LogP contribution is -2.35. The number of aryl methyl sites for hydroxylation is 1. The highest BCUT2D eigenvalue weighted by atomic mass is 16.7. The standard InChI is InChI=1S/C23H33NO6/c1-7-29-21(26)19(15-24)18(22(27-5)28-6)10-8-9-16-11-13-17(14-12-16)20(25)30-23(2,3)4/h11-14,18-19,22H,7-10H2,1-6H3. The quantitative estimate of drug-likeness (QED) is 0.396. The normalized spacial score (nSPS) is 13.4. The van der Waals surface area contributed by atoms with Crippen molar-refractivity contribution in [1.29, 1.82) is 5.26 Å². The molecule has 0 radical (unpaired) electrons. The van der Waals surface area contributed by atoms with E-state index in [0.29, 0.717) is 24.8 Å². The molecule has 0 fully saturated rings. The van der Waals surface area contributed by atoms with Crippen LogP contribution >= 0.6 is 0 Å². The Balaban J connectivity index is 2.77. The molecule has 30 heavy (non-hydrogen) atoms. The highest BCUT2D eigenvalue weighted by Gasteiger charge is 2.35. The maximum Gasteiger partial charge on any atom is 0.338 e. The summed E-state index contributed by atoms with van der Waals surface area (Å²) in [5.41, 5.74) is 0.995. The zero-order valence-electron chi connectivity index (χ0n) is 18.8. The Bertz CT molecular complexity index is 713. The zero-order chi connectivity index (χ0) is 22.7. The molecule has 1 aromatic rings. The van der Waals surface area contributed by atoms with E-state index in [9.17, 15) is 14.9 Å². The third-order valence-electron chi connectivity index (χ3n) is 4.51. The first-order valence-electron chi connectivity index (χ1n) is 10.1. The number of hydrogen-bond donors (Lipinski definition) is 0. The van der Waals surface area contributed by atoms with Gasteiger partial charge in [-0.1, -0.05) is 12.1 Å². The van der Waals surface area contributed by atoms with E-state index in [0.717, 1.165) is 5.56 Å². The molecule has 0 saturated carbocycles. The van der Waals surface area contributed by atoms with Gasteiger partial charge < -0.3 is 18.9 Å². The van der Waals surface area contributed by atoms with Crippen LogP contribution < -0.4 is 0 Å². The molecule has 7 heteroatoms. The molecule has 0 N–H and O–H groups in total. The minimum Gasteiger partial charge on any atom is -0.465 e. The molecule has 0 aliphatic rings. The van der Waals surface area contributed by atoms with Crippen LogP contribution in [0.15, 0.2) is 24.3 Å². The van der Waals surface area contributed by atoms with Crippen LogP contribution in [0.2, 0.25) is 0 Å². The number of methoxy groups -OCH3 is 2. The van der Waals surface area contributed by atoms with Crippen molar-refractivity contribution >= 4 is 11.9 Å². The van der Waals surface area contributed by atoms with Crippen molar-refractivity contribution in [2.45, 2.75) is 58.8 Å². The zero-order valence-corrected chi connectivity index (χ0v) is 18.8. The maximum absolute atomic E-state index is 12.2. The second kappa shape index (κ2) is 12.3. The van der Waals surface area contributed by atoms with E-state index in [4.69, 9.17) is 18.9 Å². The summed E-state index contributed by atoms with van der Waals surface area (Å²) in [6.45, 7) is 7.39. The van der Waals surface area contributed by atoms with Crippen LogP contribution in [0.25, 0.3) is 0 Å². The lowest BCUT2D eigenvalue weighted by Gasteiger charge is -2.27. The number of carbonyl (C=O) groups is 2. The van der Waals surface area contributed by atoms with Crippen molar-refractivity contribution in [3.8, 4) is 6.07 Å². The number of nitrogens with zero attached hydrogens (tertiary/aromatic N) is 1. The van der Waals surface area contributed by atoms with Gasteiger partial charge in [-0.3, -0.25) is 4.79 Å². The van der Waals surface area contributed by atoms with Crippen LogP contribution in [-0.4, -0.2) is 44.7 Å².